The predicted molar refractivity (Wildman–Crippen MR) is 69.9 cm³/mol. The van der Waals surface area contributed by atoms with Gasteiger partial charge < -0.3 is 10.6 Å². The molecule has 98 valence electrons. The van der Waals surface area contributed by atoms with Crippen LogP contribution in [0.1, 0.15) is 0 Å². The molecule has 0 atom stereocenters. The summed E-state index contributed by atoms with van der Waals surface area (Å²) in [6.07, 6.45) is 4.77. The van der Waals surface area contributed by atoms with Gasteiger partial charge in [-0.15, -0.1) is 0 Å². The number of nitro groups is 1. The summed E-state index contributed by atoms with van der Waals surface area (Å²) in [5.74, 6) is 0.767. The van der Waals surface area contributed by atoms with Crippen molar-refractivity contribution in [2.75, 3.05) is 23.7 Å². The van der Waals surface area contributed by atoms with Gasteiger partial charge in [0.1, 0.15) is 0 Å². The Balaban J connectivity index is 1.85. The smallest absolute Gasteiger partial charge is 0.311 e. The van der Waals surface area contributed by atoms with Crippen molar-refractivity contribution in [1.29, 1.82) is 0 Å². The summed E-state index contributed by atoms with van der Waals surface area (Å²) in [5.41, 5.74) is -0.0431. The van der Waals surface area contributed by atoms with Crippen molar-refractivity contribution in [2.45, 2.75) is 0 Å². The normalized spacial score (nSPS) is 9.89. The summed E-state index contributed by atoms with van der Waals surface area (Å²) in [4.78, 5) is 22.2. The fourth-order valence-corrected chi connectivity index (χ4v) is 1.43. The van der Waals surface area contributed by atoms with Crippen molar-refractivity contribution in [3.05, 3.63) is 46.9 Å². The second-order valence-electron chi connectivity index (χ2n) is 3.55. The molecule has 0 aliphatic heterocycles. The average Bonchev–Trinajstić information content (AvgIpc) is 2.45. The maximum atomic E-state index is 10.8. The lowest BCUT2D eigenvalue weighted by molar-refractivity contribution is -0.384. The van der Waals surface area contributed by atoms with Crippen LogP contribution >= 0.6 is 0 Å². The molecular formula is C11H12N6O2. The summed E-state index contributed by atoms with van der Waals surface area (Å²) < 4.78 is 0. The molecule has 2 rings (SSSR count). The van der Waals surface area contributed by atoms with E-state index in [0.717, 1.165) is 0 Å². The first-order chi connectivity index (χ1) is 9.27. The molecule has 0 spiro atoms. The molecule has 2 heterocycles. The lowest BCUT2D eigenvalue weighted by Gasteiger charge is -2.06. The highest BCUT2D eigenvalue weighted by atomic mass is 16.6. The van der Waals surface area contributed by atoms with Crippen LogP contribution in [0.25, 0.3) is 0 Å². The van der Waals surface area contributed by atoms with E-state index in [9.17, 15) is 10.1 Å². The van der Waals surface area contributed by atoms with Crippen molar-refractivity contribution >= 4 is 17.5 Å². The summed E-state index contributed by atoms with van der Waals surface area (Å²) in [5, 5.41) is 16.6. The maximum absolute atomic E-state index is 10.8. The Morgan fingerprint density at radius 1 is 1.05 bits per heavy atom. The molecule has 0 saturated heterocycles. The zero-order valence-electron chi connectivity index (χ0n) is 9.98. The largest absolute Gasteiger partial charge is 0.363 e. The van der Waals surface area contributed by atoms with Crippen LogP contribution in [-0.2, 0) is 0 Å². The van der Waals surface area contributed by atoms with E-state index in [1.165, 1.54) is 18.3 Å². The monoisotopic (exact) mass is 260 g/mol. The predicted octanol–water partition coefficient (Wildman–Crippen LogP) is 1.30. The minimum atomic E-state index is -0.469. The van der Waals surface area contributed by atoms with Crippen molar-refractivity contribution in [1.82, 2.24) is 15.0 Å². The lowest BCUT2D eigenvalue weighted by atomic mass is 10.4. The summed E-state index contributed by atoms with van der Waals surface area (Å²) in [7, 11) is 0. The molecule has 8 nitrogen and oxygen atoms in total. The van der Waals surface area contributed by atoms with Crippen molar-refractivity contribution in [2.24, 2.45) is 0 Å². The Bertz CT molecular complexity index is 548. The Labute approximate surface area is 109 Å². The van der Waals surface area contributed by atoms with Gasteiger partial charge in [-0.25, -0.2) is 15.0 Å². The van der Waals surface area contributed by atoms with Crippen LogP contribution < -0.4 is 10.6 Å². The van der Waals surface area contributed by atoms with E-state index >= 15 is 0 Å². The fraction of sp³-hybridized carbons (Fsp3) is 0.182. The molecular weight excluding hydrogens is 248 g/mol. The van der Waals surface area contributed by atoms with E-state index in [0.29, 0.717) is 19.0 Å². The standard InChI is InChI=1S/C11H12N6O2/c18-17(19)9-3-1-4-12-10(9)13-7-8-16-11-14-5-2-6-15-11/h1-6H,7-8H2,(H,12,13)(H,14,15,16). The number of pyridine rings is 1. The second-order valence-corrected chi connectivity index (χ2v) is 3.55. The molecule has 19 heavy (non-hydrogen) atoms. The Kier molecular flexibility index (Phi) is 4.17. The minimum Gasteiger partial charge on any atom is -0.363 e. The number of nitrogens with one attached hydrogen (secondary N) is 2. The van der Waals surface area contributed by atoms with Crippen molar-refractivity contribution < 1.29 is 4.92 Å². The molecule has 0 aliphatic rings. The van der Waals surface area contributed by atoms with Gasteiger partial charge in [-0.05, 0) is 12.1 Å². The van der Waals surface area contributed by atoms with Gasteiger partial charge in [-0.3, -0.25) is 10.1 Å². The fourth-order valence-electron chi connectivity index (χ4n) is 1.43. The molecule has 2 aromatic heterocycles. The van der Waals surface area contributed by atoms with E-state index in [2.05, 4.69) is 25.6 Å². The van der Waals surface area contributed by atoms with Gasteiger partial charge in [0, 0.05) is 37.7 Å². The molecule has 0 amide bonds. The molecule has 0 radical (unpaired) electrons. The van der Waals surface area contributed by atoms with Crippen LogP contribution in [-0.4, -0.2) is 33.0 Å². The molecule has 2 N–H and O–H groups in total. The molecule has 0 aromatic carbocycles. The first-order valence-corrected chi connectivity index (χ1v) is 5.61. The van der Waals surface area contributed by atoms with Gasteiger partial charge in [0.25, 0.3) is 0 Å². The topological polar surface area (TPSA) is 106 Å². The van der Waals surface area contributed by atoms with Crippen LogP contribution in [0.2, 0.25) is 0 Å². The highest BCUT2D eigenvalue weighted by molar-refractivity contribution is 5.55. The van der Waals surface area contributed by atoms with E-state index in [1.807, 2.05) is 0 Å². The van der Waals surface area contributed by atoms with Gasteiger partial charge in [0.05, 0.1) is 4.92 Å². The summed E-state index contributed by atoms with van der Waals surface area (Å²) in [6, 6.07) is 4.66. The zero-order chi connectivity index (χ0) is 13.5. The highest BCUT2D eigenvalue weighted by Crippen LogP contribution is 2.19. The van der Waals surface area contributed by atoms with E-state index in [-0.39, 0.29) is 11.5 Å². The lowest BCUT2D eigenvalue weighted by Crippen LogP contribution is -2.16. The van der Waals surface area contributed by atoms with Gasteiger partial charge in [0.2, 0.25) is 11.8 Å². The zero-order valence-corrected chi connectivity index (χ0v) is 9.98. The van der Waals surface area contributed by atoms with E-state index in [1.54, 1.807) is 18.5 Å². The Hall–Kier alpha value is -2.77. The summed E-state index contributed by atoms with van der Waals surface area (Å²) in [6.45, 7) is 0.994. The molecule has 0 fully saturated rings. The molecule has 0 aliphatic carbocycles. The third kappa shape index (κ3) is 3.60. The first-order valence-electron chi connectivity index (χ1n) is 5.61. The number of nitrogens with zero attached hydrogens (tertiary/aromatic N) is 4. The van der Waals surface area contributed by atoms with Crippen LogP contribution in [0.15, 0.2) is 36.8 Å². The van der Waals surface area contributed by atoms with Crippen molar-refractivity contribution in [3.63, 3.8) is 0 Å². The van der Waals surface area contributed by atoms with E-state index in [4.69, 9.17) is 0 Å². The van der Waals surface area contributed by atoms with Crippen LogP contribution in [0.4, 0.5) is 17.5 Å². The van der Waals surface area contributed by atoms with Crippen molar-refractivity contribution in [3.8, 4) is 0 Å². The number of hydrogen-bond acceptors (Lipinski definition) is 7. The van der Waals surface area contributed by atoms with E-state index < -0.39 is 4.92 Å². The molecule has 0 bridgehead atoms. The second kappa shape index (κ2) is 6.24. The van der Waals surface area contributed by atoms with Gasteiger partial charge in [-0.2, -0.15) is 0 Å². The SMILES string of the molecule is O=[N+]([O-])c1cccnc1NCCNc1ncccn1. The highest BCUT2D eigenvalue weighted by Gasteiger charge is 2.12. The average molecular weight is 260 g/mol. The Morgan fingerprint density at radius 3 is 2.47 bits per heavy atom. The number of hydrogen-bond donors (Lipinski definition) is 2. The quantitative estimate of drug-likeness (QED) is 0.458. The number of anilines is 2. The van der Waals surface area contributed by atoms with Gasteiger partial charge in [-0.1, -0.05) is 0 Å². The van der Waals surface area contributed by atoms with Crippen LogP contribution in [0.3, 0.4) is 0 Å². The molecule has 0 unspecified atom stereocenters. The molecule has 8 heteroatoms. The van der Waals surface area contributed by atoms with Gasteiger partial charge >= 0.3 is 5.69 Å². The third-order valence-electron chi connectivity index (χ3n) is 2.25. The number of aromatic nitrogens is 3. The maximum Gasteiger partial charge on any atom is 0.311 e. The van der Waals surface area contributed by atoms with Gasteiger partial charge in [0.15, 0.2) is 0 Å². The molecule has 0 saturated carbocycles. The molecule has 2 aromatic rings. The minimum absolute atomic E-state index is 0.0431. The Morgan fingerprint density at radius 2 is 1.74 bits per heavy atom. The first kappa shape index (κ1) is 12.7. The summed E-state index contributed by atoms with van der Waals surface area (Å²) >= 11 is 0. The van der Waals surface area contributed by atoms with Crippen LogP contribution in [0, 0.1) is 10.1 Å². The van der Waals surface area contributed by atoms with Crippen LogP contribution in [0.5, 0.6) is 0 Å². The number of rotatable bonds is 6. The third-order valence-corrected chi connectivity index (χ3v) is 2.25.